The summed E-state index contributed by atoms with van der Waals surface area (Å²) in [6.07, 6.45) is 7.55. The number of fused-ring (bicyclic) bond motifs is 6. The fourth-order valence-electron chi connectivity index (χ4n) is 3.66. The van der Waals surface area contributed by atoms with E-state index in [1.165, 1.54) is 35.9 Å². The van der Waals surface area contributed by atoms with Gasteiger partial charge < -0.3 is 9.97 Å². The van der Waals surface area contributed by atoms with E-state index in [0.29, 0.717) is 5.39 Å². The smallest absolute Gasteiger partial charge is 0.260 e. The van der Waals surface area contributed by atoms with Crippen molar-refractivity contribution in [3.05, 3.63) is 68.1 Å². The maximum absolute atomic E-state index is 11.6. The van der Waals surface area contributed by atoms with E-state index in [9.17, 15) is 9.59 Å². The number of thiophene rings is 2. The number of H-pyrrole nitrogens is 2. The molecule has 4 aromatic heterocycles. The lowest BCUT2D eigenvalue weighted by atomic mass is 9.97. The summed E-state index contributed by atoms with van der Waals surface area (Å²) in [6.45, 7) is 0. The molecule has 1 aromatic carbocycles. The van der Waals surface area contributed by atoms with Crippen molar-refractivity contribution in [3.63, 3.8) is 0 Å². The molecule has 8 heteroatoms. The molecule has 28 heavy (non-hydrogen) atoms. The number of hydrogen-bond acceptors (Lipinski definition) is 6. The highest BCUT2D eigenvalue weighted by molar-refractivity contribution is 7.25. The molecule has 5 aromatic rings. The molecule has 0 amide bonds. The van der Waals surface area contributed by atoms with Crippen molar-refractivity contribution in [2.75, 3.05) is 0 Å². The lowest BCUT2D eigenvalue weighted by molar-refractivity contribution is 0.700. The minimum atomic E-state index is -0.0625. The zero-order valence-corrected chi connectivity index (χ0v) is 16.5. The summed E-state index contributed by atoms with van der Waals surface area (Å²) in [5.41, 5.74) is 1.22. The molecule has 6 rings (SSSR count). The van der Waals surface area contributed by atoms with Crippen LogP contribution in [0.5, 0.6) is 0 Å². The highest BCUT2D eigenvalue weighted by Gasteiger charge is 2.18. The SMILES string of the molecule is O=c1[nH]cnc2sc3c(c12)CCCC3.O=c1[nH]cnc2sc3ccccc3c12. The van der Waals surface area contributed by atoms with Gasteiger partial charge in [-0.25, -0.2) is 9.97 Å². The van der Waals surface area contributed by atoms with E-state index >= 15 is 0 Å². The van der Waals surface area contributed by atoms with Gasteiger partial charge in [0.1, 0.15) is 9.66 Å². The van der Waals surface area contributed by atoms with Crippen molar-refractivity contribution >= 4 is 53.2 Å². The monoisotopic (exact) mass is 408 g/mol. The van der Waals surface area contributed by atoms with Crippen LogP contribution in [0.3, 0.4) is 0 Å². The molecule has 0 fully saturated rings. The summed E-state index contributed by atoms with van der Waals surface area (Å²) in [5.74, 6) is 0. The van der Waals surface area contributed by atoms with E-state index in [2.05, 4.69) is 19.9 Å². The first-order chi connectivity index (χ1) is 13.7. The number of hydrogen-bond donors (Lipinski definition) is 2. The average Bonchev–Trinajstić information content (AvgIpc) is 3.28. The Morgan fingerprint density at radius 3 is 2.32 bits per heavy atom. The Balaban J connectivity index is 0.000000122. The van der Waals surface area contributed by atoms with Gasteiger partial charge in [0.05, 0.1) is 23.4 Å². The van der Waals surface area contributed by atoms with Crippen LogP contribution in [0, 0.1) is 0 Å². The van der Waals surface area contributed by atoms with Crippen molar-refractivity contribution in [3.8, 4) is 0 Å². The van der Waals surface area contributed by atoms with Gasteiger partial charge in [0, 0.05) is 15.0 Å². The summed E-state index contributed by atoms with van der Waals surface area (Å²) in [6, 6.07) is 7.85. The highest BCUT2D eigenvalue weighted by Crippen LogP contribution is 2.33. The van der Waals surface area contributed by atoms with Crippen LogP contribution in [0.4, 0.5) is 0 Å². The first kappa shape index (κ1) is 17.3. The summed E-state index contributed by atoms with van der Waals surface area (Å²) < 4.78 is 1.10. The molecular formula is C20H16N4O2S2. The van der Waals surface area contributed by atoms with Gasteiger partial charge >= 0.3 is 0 Å². The minimum absolute atomic E-state index is 0.0226. The molecule has 0 saturated carbocycles. The van der Waals surface area contributed by atoms with E-state index < -0.39 is 0 Å². The Morgan fingerprint density at radius 1 is 0.821 bits per heavy atom. The normalized spacial score (nSPS) is 13.4. The van der Waals surface area contributed by atoms with Gasteiger partial charge in [-0.3, -0.25) is 9.59 Å². The fraction of sp³-hybridized carbons (Fsp3) is 0.200. The molecule has 4 heterocycles. The summed E-state index contributed by atoms with van der Waals surface area (Å²) in [5, 5.41) is 2.53. The molecule has 1 aliphatic carbocycles. The Hall–Kier alpha value is -2.84. The van der Waals surface area contributed by atoms with Crippen LogP contribution in [-0.2, 0) is 12.8 Å². The third kappa shape index (κ3) is 2.85. The van der Waals surface area contributed by atoms with Gasteiger partial charge in [0.2, 0.25) is 0 Å². The molecule has 0 spiro atoms. The van der Waals surface area contributed by atoms with E-state index in [0.717, 1.165) is 38.0 Å². The average molecular weight is 409 g/mol. The Morgan fingerprint density at radius 2 is 1.50 bits per heavy atom. The topological polar surface area (TPSA) is 91.5 Å². The van der Waals surface area contributed by atoms with Crippen molar-refractivity contribution in [2.45, 2.75) is 25.7 Å². The molecule has 0 aliphatic heterocycles. The lowest BCUT2D eigenvalue weighted by Crippen LogP contribution is -2.08. The largest absolute Gasteiger partial charge is 0.313 e. The number of nitrogens with zero attached hydrogens (tertiary/aromatic N) is 2. The molecule has 0 saturated heterocycles. The number of aryl methyl sites for hydroxylation is 2. The van der Waals surface area contributed by atoms with Crippen LogP contribution in [-0.4, -0.2) is 19.9 Å². The maximum atomic E-state index is 11.6. The van der Waals surface area contributed by atoms with Crippen LogP contribution in [0.1, 0.15) is 23.3 Å². The molecular weight excluding hydrogens is 392 g/mol. The quantitative estimate of drug-likeness (QED) is 0.405. The number of benzene rings is 1. The summed E-state index contributed by atoms with van der Waals surface area (Å²) in [4.78, 5) is 39.9. The Labute approximate surface area is 166 Å². The van der Waals surface area contributed by atoms with Gasteiger partial charge in [-0.05, 0) is 37.3 Å². The molecule has 2 N–H and O–H groups in total. The van der Waals surface area contributed by atoms with Gasteiger partial charge in [-0.2, -0.15) is 0 Å². The van der Waals surface area contributed by atoms with E-state index in [1.54, 1.807) is 22.7 Å². The van der Waals surface area contributed by atoms with Crippen molar-refractivity contribution in [1.82, 2.24) is 19.9 Å². The second-order valence-electron chi connectivity index (χ2n) is 6.63. The number of aromatic amines is 2. The van der Waals surface area contributed by atoms with Crippen molar-refractivity contribution in [1.29, 1.82) is 0 Å². The van der Waals surface area contributed by atoms with Crippen LogP contribution in [0.2, 0.25) is 0 Å². The summed E-state index contributed by atoms with van der Waals surface area (Å²) >= 11 is 3.23. The summed E-state index contributed by atoms with van der Waals surface area (Å²) in [7, 11) is 0. The minimum Gasteiger partial charge on any atom is -0.313 e. The van der Waals surface area contributed by atoms with Crippen molar-refractivity contribution < 1.29 is 0 Å². The van der Waals surface area contributed by atoms with Crippen LogP contribution in [0.25, 0.3) is 30.5 Å². The van der Waals surface area contributed by atoms with E-state index in [1.807, 2.05) is 24.3 Å². The van der Waals surface area contributed by atoms with Gasteiger partial charge in [0.25, 0.3) is 11.1 Å². The first-order valence-corrected chi connectivity index (χ1v) is 10.7. The standard InChI is InChI=1S/C10H10N2OS.C10H6N2OS/c2*13-9-8-6-3-1-2-4-7(6)14-10(8)12-5-11-9/h5H,1-4H2,(H,11,12,13);1-5H,(H,11,12,13). The first-order valence-electron chi connectivity index (χ1n) is 9.05. The molecule has 140 valence electrons. The molecule has 0 unspecified atom stereocenters. The zero-order valence-electron chi connectivity index (χ0n) is 14.8. The third-order valence-electron chi connectivity index (χ3n) is 4.94. The number of rotatable bonds is 0. The molecule has 6 nitrogen and oxygen atoms in total. The lowest BCUT2D eigenvalue weighted by Gasteiger charge is -2.09. The van der Waals surface area contributed by atoms with E-state index in [-0.39, 0.29) is 11.1 Å². The second-order valence-corrected chi connectivity index (χ2v) is 8.75. The Bertz CT molecular complexity index is 1430. The molecule has 0 radical (unpaired) electrons. The Kier molecular flexibility index (Phi) is 4.29. The maximum Gasteiger partial charge on any atom is 0.260 e. The van der Waals surface area contributed by atoms with Gasteiger partial charge in [-0.15, -0.1) is 22.7 Å². The molecule has 0 bridgehead atoms. The van der Waals surface area contributed by atoms with Crippen LogP contribution >= 0.6 is 22.7 Å². The fourth-order valence-corrected chi connectivity index (χ4v) is 5.94. The van der Waals surface area contributed by atoms with Gasteiger partial charge in [0.15, 0.2) is 0 Å². The number of aromatic nitrogens is 4. The van der Waals surface area contributed by atoms with Crippen LogP contribution < -0.4 is 11.1 Å². The zero-order chi connectivity index (χ0) is 19.1. The van der Waals surface area contributed by atoms with Gasteiger partial charge in [-0.1, -0.05) is 18.2 Å². The van der Waals surface area contributed by atoms with Crippen LogP contribution in [0.15, 0.2) is 46.5 Å². The van der Waals surface area contributed by atoms with Crippen molar-refractivity contribution in [2.24, 2.45) is 0 Å². The van der Waals surface area contributed by atoms with E-state index in [4.69, 9.17) is 0 Å². The molecule has 1 aliphatic rings. The second kappa shape index (κ2) is 6.96. The third-order valence-corrected chi connectivity index (χ3v) is 7.22. The predicted molar refractivity (Wildman–Crippen MR) is 115 cm³/mol. The number of nitrogens with one attached hydrogen (secondary N) is 2. The highest BCUT2D eigenvalue weighted by atomic mass is 32.1. The predicted octanol–water partition coefficient (Wildman–Crippen LogP) is 4.00. The molecule has 0 atom stereocenters.